The van der Waals surface area contributed by atoms with Crippen molar-refractivity contribution >= 4 is 10.9 Å². The number of aromatic amines is 1. The van der Waals surface area contributed by atoms with E-state index in [4.69, 9.17) is 9.47 Å². The Balaban J connectivity index is 1.71. The molecule has 0 radical (unpaired) electrons. The molecule has 1 N–H and O–H groups in total. The number of H-pyrrole nitrogens is 1. The van der Waals surface area contributed by atoms with Gasteiger partial charge in [-0.25, -0.2) is 4.98 Å². The fourth-order valence-electron chi connectivity index (χ4n) is 3.44. The van der Waals surface area contributed by atoms with Gasteiger partial charge in [-0.05, 0) is 55.3 Å². The van der Waals surface area contributed by atoms with Gasteiger partial charge < -0.3 is 14.5 Å². The van der Waals surface area contributed by atoms with Crippen LogP contribution in [-0.4, -0.2) is 17.1 Å². The molecule has 0 unspecified atom stereocenters. The first-order valence-corrected chi connectivity index (χ1v) is 9.42. The minimum absolute atomic E-state index is 0.158. The van der Waals surface area contributed by atoms with Crippen LogP contribution in [0.3, 0.4) is 0 Å². The lowest BCUT2D eigenvalue weighted by Crippen LogP contribution is -2.09. The summed E-state index contributed by atoms with van der Waals surface area (Å²) in [6.45, 7) is 4.40. The van der Waals surface area contributed by atoms with Gasteiger partial charge in [0, 0.05) is 11.1 Å². The number of methoxy groups -OCH3 is 1. The second-order valence-corrected chi connectivity index (χ2v) is 6.97. The Morgan fingerprint density at radius 1 is 0.966 bits per heavy atom. The maximum atomic E-state index is 12.4. The Morgan fingerprint density at radius 3 is 2.48 bits per heavy atom. The largest absolute Gasteiger partial charge is 0.496 e. The summed E-state index contributed by atoms with van der Waals surface area (Å²) in [7, 11) is 1.63. The number of nitrogens with zero attached hydrogens (tertiary/aromatic N) is 1. The third-order valence-corrected chi connectivity index (χ3v) is 4.95. The summed E-state index contributed by atoms with van der Waals surface area (Å²) >= 11 is 0. The van der Waals surface area contributed by atoms with Gasteiger partial charge in [0.25, 0.3) is 5.56 Å². The number of hydrogen-bond donors (Lipinski definition) is 1. The smallest absolute Gasteiger partial charge is 0.259 e. The molecule has 0 fully saturated rings. The summed E-state index contributed by atoms with van der Waals surface area (Å²) in [6, 6.07) is 19.1. The fraction of sp³-hybridized carbons (Fsp3) is 0.167. The molecule has 5 heteroatoms. The molecular formula is C24H22N2O3. The van der Waals surface area contributed by atoms with Gasteiger partial charge in [0.2, 0.25) is 0 Å². The van der Waals surface area contributed by atoms with Crippen molar-refractivity contribution in [3.05, 3.63) is 87.7 Å². The number of aryl methyl sites for hydroxylation is 2. The first-order chi connectivity index (χ1) is 14.1. The topological polar surface area (TPSA) is 64.2 Å². The number of fused-ring (bicyclic) bond motifs is 1. The van der Waals surface area contributed by atoms with Crippen LogP contribution in [0, 0.1) is 13.8 Å². The Morgan fingerprint density at radius 2 is 1.72 bits per heavy atom. The third-order valence-electron chi connectivity index (χ3n) is 4.95. The minimum atomic E-state index is -0.158. The molecule has 0 amide bonds. The molecule has 0 aliphatic heterocycles. The van der Waals surface area contributed by atoms with E-state index in [1.807, 2.05) is 68.4 Å². The molecule has 0 atom stereocenters. The molecule has 3 aromatic carbocycles. The van der Waals surface area contributed by atoms with Gasteiger partial charge in [-0.1, -0.05) is 30.3 Å². The summed E-state index contributed by atoms with van der Waals surface area (Å²) < 4.78 is 11.6. The van der Waals surface area contributed by atoms with Crippen LogP contribution in [0.5, 0.6) is 11.5 Å². The standard InChI is InChI=1S/C24H22N2O3/c1-15-7-6-8-16(2)22(15)29-14-18-13-17(11-12-21(18)28-3)23-25-20-10-5-4-9-19(20)24(27)26-23/h4-13H,14H2,1-3H3,(H,25,26,27). The number of ether oxygens (including phenoxy) is 2. The summed E-state index contributed by atoms with van der Waals surface area (Å²) in [6.07, 6.45) is 0. The van der Waals surface area contributed by atoms with E-state index in [9.17, 15) is 4.79 Å². The number of hydrogen-bond acceptors (Lipinski definition) is 4. The molecule has 1 heterocycles. The van der Waals surface area contributed by atoms with Crippen LogP contribution in [0.4, 0.5) is 0 Å². The van der Waals surface area contributed by atoms with Crippen molar-refractivity contribution in [3.8, 4) is 22.9 Å². The van der Waals surface area contributed by atoms with Crippen molar-refractivity contribution in [2.45, 2.75) is 20.5 Å². The molecule has 29 heavy (non-hydrogen) atoms. The molecule has 5 nitrogen and oxygen atoms in total. The van der Waals surface area contributed by atoms with E-state index in [0.29, 0.717) is 23.3 Å². The van der Waals surface area contributed by atoms with Crippen molar-refractivity contribution in [1.29, 1.82) is 0 Å². The van der Waals surface area contributed by atoms with Crippen LogP contribution >= 0.6 is 0 Å². The van der Waals surface area contributed by atoms with Gasteiger partial charge in [0.1, 0.15) is 23.9 Å². The number of rotatable bonds is 5. The summed E-state index contributed by atoms with van der Waals surface area (Å²) in [5.74, 6) is 2.12. The first-order valence-electron chi connectivity index (χ1n) is 9.42. The normalized spacial score (nSPS) is 10.9. The van der Waals surface area contributed by atoms with Crippen LogP contribution in [0.1, 0.15) is 16.7 Å². The number of nitrogens with one attached hydrogen (secondary N) is 1. The SMILES string of the molecule is COc1ccc(-c2nc3ccccc3c(=O)[nH]2)cc1COc1c(C)cccc1C. The molecule has 0 aliphatic rings. The van der Waals surface area contributed by atoms with E-state index >= 15 is 0 Å². The highest BCUT2D eigenvalue weighted by Gasteiger charge is 2.11. The van der Waals surface area contributed by atoms with Gasteiger partial charge in [0.15, 0.2) is 0 Å². The van der Waals surface area contributed by atoms with Crippen molar-refractivity contribution < 1.29 is 9.47 Å². The highest BCUT2D eigenvalue weighted by atomic mass is 16.5. The maximum Gasteiger partial charge on any atom is 0.259 e. The highest BCUT2D eigenvalue weighted by Crippen LogP contribution is 2.28. The predicted molar refractivity (Wildman–Crippen MR) is 115 cm³/mol. The molecule has 146 valence electrons. The second kappa shape index (κ2) is 7.80. The average Bonchev–Trinajstić information content (AvgIpc) is 2.73. The van der Waals surface area contributed by atoms with E-state index in [-0.39, 0.29) is 5.56 Å². The lowest BCUT2D eigenvalue weighted by atomic mass is 10.1. The molecule has 0 spiro atoms. The van der Waals surface area contributed by atoms with Gasteiger partial charge >= 0.3 is 0 Å². The average molecular weight is 386 g/mol. The molecule has 0 aliphatic carbocycles. The molecule has 4 rings (SSSR count). The van der Waals surface area contributed by atoms with Crippen molar-refractivity contribution in [2.24, 2.45) is 0 Å². The molecule has 4 aromatic rings. The van der Waals surface area contributed by atoms with Gasteiger partial charge in [-0.2, -0.15) is 0 Å². The van der Waals surface area contributed by atoms with Crippen LogP contribution in [0.2, 0.25) is 0 Å². The van der Waals surface area contributed by atoms with Crippen LogP contribution in [0.15, 0.2) is 65.5 Å². The van der Waals surface area contributed by atoms with Crippen molar-refractivity contribution in [1.82, 2.24) is 9.97 Å². The van der Waals surface area contributed by atoms with Crippen LogP contribution in [0.25, 0.3) is 22.3 Å². The fourth-order valence-corrected chi connectivity index (χ4v) is 3.44. The Hall–Kier alpha value is -3.60. The van der Waals surface area contributed by atoms with Gasteiger partial charge in [-0.3, -0.25) is 4.79 Å². The maximum absolute atomic E-state index is 12.4. The van der Waals surface area contributed by atoms with E-state index in [0.717, 1.165) is 33.8 Å². The molecule has 0 saturated heterocycles. The van der Waals surface area contributed by atoms with Gasteiger partial charge in [0.05, 0.1) is 18.0 Å². The Labute approximate surface area is 169 Å². The van der Waals surface area contributed by atoms with E-state index < -0.39 is 0 Å². The van der Waals surface area contributed by atoms with Gasteiger partial charge in [-0.15, -0.1) is 0 Å². The lowest BCUT2D eigenvalue weighted by molar-refractivity contribution is 0.293. The monoisotopic (exact) mass is 386 g/mol. The highest BCUT2D eigenvalue weighted by molar-refractivity contribution is 5.79. The summed E-state index contributed by atoms with van der Waals surface area (Å²) in [5, 5.41) is 0.573. The molecule has 0 bridgehead atoms. The zero-order chi connectivity index (χ0) is 20.4. The van der Waals surface area contributed by atoms with Crippen LogP contribution in [-0.2, 0) is 6.61 Å². The number of para-hydroxylation sites is 2. The van der Waals surface area contributed by atoms with E-state index in [1.54, 1.807) is 13.2 Å². The number of benzene rings is 3. The zero-order valence-electron chi connectivity index (χ0n) is 16.7. The molecular weight excluding hydrogens is 364 g/mol. The number of aromatic nitrogens is 2. The zero-order valence-corrected chi connectivity index (χ0v) is 16.7. The van der Waals surface area contributed by atoms with E-state index in [2.05, 4.69) is 9.97 Å². The first kappa shape index (κ1) is 18.7. The quantitative estimate of drug-likeness (QED) is 0.535. The molecule has 0 saturated carbocycles. The molecule has 1 aromatic heterocycles. The van der Waals surface area contributed by atoms with E-state index in [1.165, 1.54) is 0 Å². The van der Waals surface area contributed by atoms with Crippen molar-refractivity contribution in [2.75, 3.05) is 7.11 Å². The summed E-state index contributed by atoms with van der Waals surface area (Å²) in [5.41, 5.74) is 4.35. The van der Waals surface area contributed by atoms with Crippen LogP contribution < -0.4 is 15.0 Å². The lowest BCUT2D eigenvalue weighted by Gasteiger charge is -2.15. The predicted octanol–water partition coefficient (Wildman–Crippen LogP) is 4.79. The van der Waals surface area contributed by atoms with Crippen molar-refractivity contribution in [3.63, 3.8) is 0 Å². The minimum Gasteiger partial charge on any atom is -0.496 e. The Kier molecular flexibility index (Phi) is 5.04. The second-order valence-electron chi connectivity index (χ2n) is 6.97. The Bertz CT molecular complexity index is 1220. The third kappa shape index (κ3) is 3.72. The summed E-state index contributed by atoms with van der Waals surface area (Å²) in [4.78, 5) is 19.9.